The lowest BCUT2D eigenvalue weighted by molar-refractivity contribution is 0.475. The minimum absolute atomic E-state index is 0.0520. The van der Waals surface area contributed by atoms with E-state index in [1.54, 1.807) is 28.7 Å². The monoisotopic (exact) mass is 322 g/mol. The van der Waals surface area contributed by atoms with Crippen LogP contribution in [-0.2, 0) is 0 Å². The molecule has 0 unspecified atom stereocenters. The van der Waals surface area contributed by atoms with Gasteiger partial charge in [0.25, 0.3) is 5.56 Å². The van der Waals surface area contributed by atoms with Crippen molar-refractivity contribution in [1.82, 2.24) is 9.38 Å². The Labute approximate surface area is 136 Å². The summed E-state index contributed by atoms with van der Waals surface area (Å²) in [7, 11) is 0. The van der Waals surface area contributed by atoms with Crippen molar-refractivity contribution >= 4 is 33.4 Å². The lowest BCUT2D eigenvalue weighted by Crippen LogP contribution is -2.22. The zero-order valence-corrected chi connectivity index (χ0v) is 13.5. The second-order valence-electron chi connectivity index (χ2n) is 5.66. The highest BCUT2D eigenvalue weighted by Gasteiger charge is 2.12. The van der Waals surface area contributed by atoms with Gasteiger partial charge in [0.1, 0.15) is 5.75 Å². The van der Waals surface area contributed by atoms with Crippen molar-refractivity contribution in [3.8, 4) is 5.75 Å². The number of aromatic hydroxyl groups is 1. The number of benzene rings is 2. The molecule has 0 amide bonds. The van der Waals surface area contributed by atoms with Crippen molar-refractivity contribution in [2.75, 3.05) is 0 Å². The molecule has 0 atom stereocenters. The Balaban J connectivity index is 2.00. The Hall–Kier alpha value is -2.66. The summed E-state index contributed by atoms with van der Waals surface area (Å²) in [6.07, 6.45) is 1.83. The summed E-state index contributed by atoms with van der Waals surface area (Å²) in [6.45, 7) is 4.08. The van der Waals surface area contributed by atoms with E-state index in [1.807, 2.05) is 32.1 Å². The smallest absolute Gasteiger partial charge is 0.274 e. The van der Waals surface area contributed by atoms with Crippen LogP contribution in [-0.4, -0.2) is 14.5 Å². The topological polar surface area (TPSA) is 54.6 Å². The quantitative estimate of drug-likeness (QED) is 0.586. The van der Waals surface area contributed by atoms with E-state index in [9.17, 15) is 9.90 Å². The summed E-state index contributed by atoms with van der Waals surface area (Å²) in [6, 6.07) is 10.8. The molecule has 0 radical (unpaired) electrons. The molecule has 2 heterocycles. The lowest BCUT2D eigenvalue weighted by Gasteiger charge is -1.98. The molecule has 0 saturated carbocycles. The minimum Gasteiger partial charge on any atom is -0.508 e. The van der Waals surface area contributed by atoms with Gasteiger partial charge in [-0.3, -0.25) is 4.79 Å². The number of nitrogens with zero attached hydrogens (tertiary/aromatic N) is 2. The second-order valence-corrected chi connectivity index (χ2v) is 6.67. The molecule has 4 aromatic rings. The summed E-state index contributed by atoms with van der Waals surface area (Å²) in [4.78, 5) is 18.0. The molecule has 114 valence electrons. The number of aryl methyl sites for hydroxylation is 2. The molecule has 0 fully saturated rings. The highest BCUT2D eigenvalue weighted by molar-refractivity contribution is 7.15. The molecular formula is C18H14N2O2S. The van der Waals surface area contributed by atoms with E-state index in [1.165, 1.54) is 16.9 Å². The van der Waals surface area contributed by atoms with Crippen LogP contribution in [0.4, 0.5) is 0 Å². The molecule has 0 spiro atoms. The molecule has 0 aliphatic rings. The average molecular weight is 322 g/mol. The fourth-order valence-electron chi connectivity index (χ4n) is 2.64. The maximum absolute atomic E-state index is 12.7. The van der Waals surface area contributed by atoms with Gasteiger partial charge in [-0.05, 0) is 60.9 Å². The number of aromatic nitrogens is 2. The normalized spacial score (nSPS) is 12.5. The van der Waals surface area contributed by atoms with Gasteiger partial charge in [0, 0.05) is 0 Å². The number of fused-ring (bicyclic) bond motifs is 3. The van der Waals surface area contributed by atoms with Gasteiger partial charge in [-0.1, -0.05) is 23.5 Å². The first-order valence-electron chi connectivity index (χ1n) is 7.26. The van der Waals surface area contributed by atoms with E-state index in [0.717, 1.165) is 22.2 Å². The molecule has 4 nitrogen and oxygen atoms in total. The first kappa shape index (κ1) is 14.0. The molecule has 0 aliphatic heterocycles. The average Bonchev–Trinajstić information content (AvgIpc) is 3.00. The number of imidazole rings is 1. The first-order chi connectivity index (χ1) is 11.0. The molecule has 0 saturated heterocycles. The number of hydrogen-bond donors (Lipinski definition) is 1. The van der Waals surface area contributed by atoms with Crippen LogP contribution in [0.1, 0.15) is 16.7 Å². The van der Waals surface area contributed by atoms with E-state index >= 15 is 0 Å². The van der Waals surface area contributed by atoms with Gasteiger partial charge in [-0.2, -0.15) is 0 Å². The fraction of sp³-hybridized carbons (Fsp3) is 0.111. The van der Waals surface area contributed by atoms with Crippen molar-refractivity contribution in [2.45, 2.75) is 13.8 Å². The molecular weight excluding hydrogens is 308 g/mol. The SMILES string of the molecule is Cc1cc2nc3sc(=Cc4ccc(O)cc4)c(=O)n3c2cc1C. The van der Waals surface area contributed by atoms with Crippen LogP contribution < -0.4 is 10.1 Å². The zero-order chi connectivity index (χ0) is 16.1. The molecule has 2 aromatic carbocycles. The van der Waals surface area contributed by atoms with Crippen LogP contribution in [0.2, 0.25) is 0 Å². The highest BCUT2D eigenvalue weighted by Crippen LogP contribution is 2.20. The van der Waals surface area contributed by atoms with Gasteiger partial charge in [-0.15, -0.1) is 0 Å². The Morgan fingerprint density at radius 3 is 2.57 bits per heavy atom. The maximum atomic E-state index is 12.7. The standard InChI is InChI=1S/C18H14N2O2S/c1-10-7-14-15(8-11(10)2)20-17(22)16(23-18(20)19-14)9-12-3-5-13(21)6-4-12/h3-9,21H,1-2H3. The van der Waals surface area contributed by atoms with E-state index < -0.39 is 0 Å². The zero-order valence-electron chi connectivity index (χ0n) is 12.7. The van der Waals surface area contributed by atoms with Crippen LogP contribution >= 0.6 is 11.3 Å². The number of rotatable bonds is 1. The van der Waals surface area contributed by atoms with Crippen LogP contribution in [0.15, 0.2) is 41.2 Å². The highest BCUT2D eigenvalue weighted by atomic mass is 32.1. The van der Waals surface area contributed by atoms with Crippen LogP contribution in [0.5, 0.6) is 5.75 Å². The van der Waals surface area contributed by atoms with E-state index in [-0.39, 0.29) is 11.3 Å². The van der Waals surface area contributed by atoms with Crippen LogP contribution in [0, 0.1) is 13.8 Å². The summed E-state index contributed by atoms with van der Waals surface area (Å²) < 4.78 is 2.32. The van der Waals surface area contributed by atoms with Crippen molar-refractivity contribution in [1.29, 1.82) is 0 Å². The molecule has 1 N–H and O–H groups in total. The third-order valence-electron chi connectivity index (χ3n) is 4.05. The predicted octanol–water partition coefficient (Wildman–Crippen LogP) is 2.78. The number of phenols is 1. The van der Waals surface area contributed by atoms with Gasteiger partial charge in [0.15, 0.2) is 4.96 Å². The van der Waals surface area contributed by atoms with Crippen molar-refractivity contribution in [3.63, 3.8) is 0 Å². The Kier molecular flexibility index (Phi) is 2.99. The Morgan fingerprint density at radius 1 is 1.13 bits per heavy atom. The van der Waals surface area contributed by atoms with Crippen LogP contribution in [0.3, 0.4) is 0 Å². The van der Waals surface area contributed by atoms with Gasteiger partial charge in [-0.25, -0.2) is 9.38 Å². The maximum Gasteiger partial charge on any atom is 0.274 e. The molecule has 2 aromatic heterocycles. The van der Waals surface area contributed by atoms with Gasteiger partial charge >= 0.3 is 0 Å². The second kappa shape index (κ2) is 4.93. The molecule has 0 bridgehead atoms. The summed E-state index contributed by atoms with van der Waals surface area (Å²) in [5, 5.41) is 9.34. The third-order valence-corrected chi connectivity index (χ3v) is 5.01. The molecule has 4 rings (SSSR count). The van der Waals surface area contributed by atoms with Crippen molar-refractivity contribution in [3.05, 3.63) is 68.0 Å². The Morgan fingerprint density at radius 2 is 1.83 bits per heavy atom. The summed E-state index contributed by atoms with van der Waals surface area (Å²) in [5.74, 6) is 0.210. The first-order valence-corrected chi connectivity index (χ1v) is 8.07. The third kappa shape index (κ3) is 2.21. The molecule has 23 heavy (non-hydrogen) atoms. The fourth-order valence-corrected chi connectivity index (χ4v) is 3.63. The summed E-state index contributed by atoms with van der Waals surface area (Å²) >= 11 is 1.38. The van der Waals surface area contributed by atoms with Gasteiger partial charge < -0.3 is 5.11 Å². The van der Waals surface area contributed by atoms with E-state index in [2.05, 4.69) is 4.98 Å². The Bertz CT molecular complexity index is 1150. The van der Waals surface area contributed by atoms with Crippen LogP contribution in [0.25, 0.3) is 22.1 Å². The number of phenolic OH excluding ortho intramolecular Hbond substituents is 1. The van der Waals surface area contributed by atoms with E-state index in [0.29, 0.717) is 9.49 Å². The van der Waals surface area contributed by atoms with Gasteiger partial charge in [0.2, 0.25) is 0 Å². The number of hydrogen-bond acceptors (Lipinski definition) is 4. The molecule has 5 heteroatoms. The predicted molar refractivity (Wildman–Crippen MR) is 93.2 cm³/mol. The van der Waals surface area contributed by atoms with E-state index in [4.69, 9.17) is 0 Å². The summed E-state index contributed by atoms with van der Waals surface area (Å²) in [5.41, 5.74) is 4.85. The van der Waals surface area contributed by atoms with Crippen molar-refractivity contribution in [2.24, 2.45) is 0 Å². The molecule has 0 aliphatic carbocycles. The number of thiazole rings is 1. The lowest BCUT2D eigenvalue weighted by atomic mass is 10.1. The minimum atomic E-state index is -0.0520. The van der Waals surface area contributed by atoms with Crippen molar-refractivity contribution < 1.29 is 5.11 Å². The largest absolute Gasteiger partial charge is 0.508 e. The van der Waals surface area contributed by atoms with Gasteiger partial charge in [0.05, 0.1) is 15.6 Å².